The number of piperidine rings is 1. The Morgan fingerprint density at radius 3 is 2.38 bits per heavy atom. The van der Waals surface area contributed by atoms with Crippen LogP contribution in [0.2, 0.25) is 0 Å². The molecule has 4 rings (SSSR count). The summed E-state index contributed by atoms with van der Waals surface area (Å²) in [4.78, 5) is 14.5. The van der Waals surface area contributed by atoms with Crippen LogP contribution in [0.4, 0.5) is 0 Å². The number of carbonyl (C=O) groups is 1. The van der Waals surface area contributed by atoms with E-state index < -0.39 is 0 Å². The van der Waals surface area contributed by atoms with Gasteiger partial charge < -0.3 is 9.64 Å². The van der Waals surface area contributed by atoms with Crippen molar-refractivity contribution in [3.63, 3.8) is 0 Å². The molecule has 0 aromatic heterocycles. The second-order valence-corrected chi connectivity index (χ2v) is 6.89. The number of benzene rings is 3. The molecule has 1 saturated heterocycles. The van der Waals surface area contributed by atoms with E-state index in [0.717, 1.165) is 42.6 Å². The van der Waals surface area contributed by atoms with Crippen molar-refractivity contribution in [3.05, 3.63) is 78.4 Å². The molecular formula is C23H23NO2. The first-order valence-electron chi connectivity index (χ1n) is 9.26. The van der Waals surface area contributed by atoms with Gasteiger partial charge in [0.15, 0.2) is 0 Å². The second-order valence-electron chi connectivity index (χ2n) is 6.89. The molecule has 0 atom stereocenters. The molecule has 1 heterocycles. The molecule has 1 amide bonds. The largest absolute Gasteiger partial charge is 0.493 e. The van der Waals surface area contributed by atoms with Crippen LogP contribution >= 0.6 is 0 Å². The summed E-state index contributed by atoms with van der Waals surface area (Å²) in [6, 6.07) is 24.0. The number of rotatable bonds is 4. The Labute approximate surface area is 154 Å². The Bertz CT molecular complexity index is 878. The lowest BCUT2D eigenvalue weighted by Gasteiger charge is -2.32. The lowest BCUT2D eigenvalue weighted by Crippen LogP contribution is -2.39. The van der Waals surface area contributed by atoms with Gasteiger partial charge in [0.05, 0.1) is 6.61 Å². The Morgan fingerprint density at radius 1 is 0.885 bits per heavy atom. The maximum Gasteiger partial charge on any atom is 0.253 e. The van der Waals surface area contributed by atoms with Crippen LogP contribution in [0.1, 0.15) is 23.2 Å². The van der Waals surface area contributed by atoms with E-state index >= 15 is 0 Å². The van der Waals surface area contributed by atoms with Crippen molar-refractivity contribution in [2.24, 2.45) is 5.92 Å². The van der Waals surface area contributed by atoms with Crippen LogP contribution in [0.25, 0.3) is 10.8 Å². The highest BCUT2D eigenvalue weighted by Crippen LogP contribution is 2.27. The highest BCUT2D eigenvalue weighted by molar-refractivity contribution is 5.94. The summed E-state index contributed by atoms with van der Waals surface area (Å²) < 4.78 is 6.14. The molecule has 26 heavy (non-hydrogen) atoms. The summed E-state index contributed by atoms with van der Waals surface area (Å²) in [5, 5.41) is 2.36. The molecule has 1 fully saturated rings. The third kappa shape index (κ3) is 3.57. The molecule has 3 aromatic carbocycles. The molecular weight excluding hydrogens is 322 g/mol. The van der Waals surface area contributed by atoms with Gasteiger partial charge in [0, 0.05) is 24.0 Å². The van der Waals surface area contributed by atoms with Crippen molar-refractivity contribution < 1.29 is 9.53 Å². The van der Waals surface area contributed by atoms with E-state index in [9.17, 15) is 4.79 Å². The normalized spacial score (nSPS) is 15.2. The molecule has 0 saturated carbocycles. The zero-order valence-corrected chi connectivity index (χ0v) is 14.8. The van der Waals surface area contributed by atoms with Crippen LogP contribution in [-0.4, -0.2) is 30.5 Å². The van der Waals surface area contributed by atoms with E-state index in [1.165, 1.54) is 5.39 Å². The minimum Gasteiger partial charge on any atom is -0.493 e. The third-order valence-corrected chi connectivity index (χ3v) is 5.15. The van der Waals surface area contributed by atoms with Crippen LogP contribution in [0.15, 0.2) is 72.8 Å². The molecule has 1 aliphatic rings. The van der Waals surface area contributed by atoms with E-state index in [2.05, 4.69) is 18.2 Å². The number of likely N-dealkylation sites (tertiary alicyclic amines) is 1. The predicted octanol–water partition coefficient (Wildman–Crippen LogP) is 4.77. The summed E-state index contributed by atoms with van der Waals surface area (Å²) in [6.07, 6.45) is 1.98. The first-order chi connectivity index (χ1) is 12.8. The second kappa shape index (κ2) is 7.61. The number of nitrogens with zero attached hydrogens (tertiary/aromatic N) is 1. The fourth-order valence-electron chi connectivity index (χ4n) is 3.60. The first-order valence-corrected chi connectivity index (χ1v) is 9.26. The number of fused-ring (bicyclic) bond motifs is 1. The van der Waals surface area contributed by atoms with Crippen molar-refractivity contribution in [1.82, 2.24) is 4.90 Å². The predicted molar refractivity (Wildman–Crippen MR) is 105 cm³/mol. The highest BCUT2D eigenvalue weighted by atomic mass is 16.5. The van der Waals surface area contributed by atoms with E-state index in [1.807, 2.05) is 59.5 Å². The number of amides is 1. The fraction of sp³-hybridized carbons (Fsp3) is 0.261. The minimum absolute atomic E-state index is 0.138. The van der Waals surface area contributed by atoms with Crippen LogP contribution in [0, 0.1) is 5.92 Å². The minimum atomic E-state index is 0.138. The standard InChI is InChI=1S/C23H23NO2/c25-23(20-8-2-1-3-9-20)24-15-13-18(14-16-24)17-26-22-12-6-10-19-7-4-5-11-21(19)22/h1-12,18H,13-17H2. The van der Waals surface area contributed by atoms with Gasteiger partial charge in [0.25, 0.3) is 5.91 Å². The van der Waals surface area contributed by atoms with Gasteiger partial charge in [-0.1, -0.05) is 54.6 Å². The zero-order valence-electron chi connectivity index (χ0n) is 14.8. The number of hydrogen-bond acceptors (Lipinski definition) is 2. The number of carbonyl (C=O) groups excluding carboxylic acids is 1. The van der Waals surface area contributed by atoms with Gasteiger partial charge in [-0.25, -0.2) is 0 Å². The molecule has 3 heteroatoms. The van der Waals surface area contributed by atoms with Gasteiger partial charge in [0.1, 0.15) is 5.75 Å². The van der Waals surface area contributed by atoms with E-state index in [-0.39, 0.29) is 5.91 Å². The van der Waals surface area contributed by atoms with Crippen molar-refractivity contribution in [1.29, 1.82) is 0 Å². The number of ether oxygens (including phenoxy) is 1. The highest BCUT2D eigenvalue weighted by Gasteiger charge is 2.24. The van der Waals surface area contributed by atoms with E-state index in [1.54, 1.807) is 0 Å². The van der Waals surface area contributed by atoms with E-state index in [4.69, 9.17) is 4.74 Å². The summed E-state index contributed by atoms with van der Waals surface area (Å²) in [6.45, 7) is 2.32. The summed E-state index contributed by atoms with van der Waals surface area (Å²) in [5.74, 6) is 1.58. The van der Waals surface area contributed by atoms with Gasteiger partial charge in [-0.05, 0) is 42.3 Å². The van der Waals surface area contributed by atoms with Crippen LogP contribution in [-0.2, 0) is 0 Å². The van der Waals surface area contributed by atoms with E-state index in [0.29, 0.717) is 12.5 Å². The summed E-state index contributed by atoms with van der Waals surface area (Å²) in [7, 11) is 0. The Balaban J connectivity index is 1.33. The van der Waals surface area contributed by atoms with Crippen molar-refractivity contribution >= 4 is 16.7 Å². The Kier molecular flexibility index (Phi) is 4.87. The zero-order chi connectivity index (χ0) is 17.8. The maximum atomic E-state index is 12.5. The Hall–Kier alpha value is -2.81. The molecule has 0 aliphatic carbocycles. The van der Waals surface area contributed by atoms with Gasteiger partial charge in [-0.3, -0.25) is 4.79 Å². The molecule has 0 bridgehead atoms. The van der Waals surface area contributed by atoms with Crippen LogP contribution < -0.4 is 4.74 Å². The van der Waals surface area contributed by atoms with Gasteiger partial charge in [-0.15, -0.1) is 0 Å². The SMILES string of the molecule is O=C(c1ccccc1)N1CCC(COc2cccc3ccccc23)CC1. The third-order valence-electron chi connectivity index (χ3n) is 5.15. The van der Waals surface area contributed by atoms with Crippen molar-refractivity contribution in [2.45, 2.75) is 12.8 Å². The van der Waals surface area contributed by atoms with Gasteiger partial charge in [-0.2, -0.15) is 0 Å². The molecule has 132 valence electrons. The quantitative estimate of drug-likeness (QED) is 0.681. The maximum absolute atomic E-state index is 12.5. The Morgan fingerprint density at radius 2 is 1.58 bits per heavy atom. The fourth-order valence-corrected chi connectivity index (χ4v) is 3.60. The van der Waals surface area contributed by atoms with Gasteiger partial charge >= 0.3 is 0 Å². The average molecular weight is 345 g/mol. The van der Waals surface area contributed by atoms with Crippen molar-refractivity contribution in [3.8, 4) is 5.75 Å². The molecule has 0 radical (unpaired) electrons. The first kappa shape index (κ1) is 16.6. The summed E-state index contributed by atoms with van der Waals surface area (Å²) in [5.41, 5.74) is 0.776. The smallest absolute Gasteiger partial charge is 0.253 e. The molecule has 0 spiro atoms. The molecule has 0 unspecified atom stereocenters. The number of hydrogen-bond donors (Lipinski definition) is 0. The van der Waals surface area contributed by atoms with Gasteiger partial charge in [0.2, 0.25) is 0 Å². The topological polar surface area (TPSA) is 29.5 Å². The lowest BCUT2D eigenvalue weighted by molar-refractivity contribution is 0.0661. The van der Waals surface area contributed by atoms with Crippen molar-refractivity contribution in [2.75, 3.05) is 19.7 Å². The van der Waals surface area contributed by atoms with Crippen LogP contribution in [0.5, 0.6) is 5.75 Å². The summed E-state index contributed by atoms with van der Waals surface area (Å²) >= 11 is 0. The molecule has 3 nitrogen and oxygen atoms in total. The molecule has 1 aliphatic heterocycles. The lowest BCUT2D eigenvalue weighted by atomic mass is 9.97. The average Bonchev–Trinajstić information content (AvgIpc) is 2.73. The van der Waals surface area contributed by atoms with Crippen LogP contribution in [0.3, 0.4) is 0 Å². The molecule has 0 N–H and O–H groups in total. The monoisotopic (exact) mass is 345 g/mol. The molecule has 3 aromatic rings.